The molecule has 4 N–H and O–H groups in total. The summed E-state index contributed by atoms with van der Waals surface area (Å²) in [7, 11) is -2.76. The van der Waals surface area contributed by atoms with E-state index in [2.05, 4.69) is 4.18 Å². The molecule has 0 rings (SSSR count). The van der Waals surface area contributed by atoms with E-state index in [-0.39, 0.29) is 42.2 Å². The first kappa shape index (κ1) is 14.4. The van der Waals surface area contributed by atoms with Crippen LogP contribution in [-0.2, 0) is 15.2 Å². The Kier molecular flexibility index (Phi) is 11.6. The topological polar surface area (TPSA) is 95.4 Å². The Morgan fingerprint density at radius 2 is 2.00 bits per heavy atom. The number of rotatable bonds is 5. The van der Waals surface area contributed by atoms with Gasteiger partial charge < -0.3 is 11.5 Å². The summed E-state index contributed by atoms with van der Waals surface area (Å²) in [5.41, 5.74) is 10.5. The predicted octanol–water partition coefficient (Wildman–Crippen LogP) is -2.44. The van der Waals surface area contributed by atoms with Gasteiger partial charge in [-0.1, -0.05) is 0 Å². The molecule has 64 valence electrons. The van der Waals surface area contributed by atoms with E-state index < -0.39 is 11.0 Å². The second kappa shape index (κ2) is 8.92. The molecule has 0 saturated carbocycles. The van der Waals surface area contributed by atoms with Crippen LogP contribution in [0.4, 0.5) is 0 Å². The Balaban J connectivity index is 0. The van der Waals surface area contributed by atoms with Crippen LogP contribution in [0.25, 0.3) is 0 Å². The normalized spacial score (nSPS) is 12.6. The zero-order valence-electron chi connectivity index (χ0n) is 5.53. The van der Waals surface area contributed by atoms with E-state index in [1.807, 2.05) is 0 Å². The molecule has 0 aliphatic heterocycles. The minimum atomic E-state index is -2.76. The van der Waals surface area contributed by atoms with Gasteiger partial charge in [-0.3, -0.25) is 4.18 Å². The Bertz CT molecular complexity index is 144. The molecule has 0 amide bonds. The van der Waals surface area contributed by atoms with Crippen molar-refractivity contribution in [2.45, 2.75) is 12.5 Å². The number of nitrogens with two attached hydrogens (primary N) is 2. The van der Waals surface area contributed by atoms with Crippen LogP contribution in [-0.4, -0.2) is 57.2 Å². The second-order valence-corrected chi connectivity index (χ2v) is 2.56. The molecule has 0 aliphatic carbocycles. The average Bonchev–Trinajstić information content (AvgIpc) is 1.85. The van der Waals surface area contributed by atoms with Crippen molar-refractivity contribution in [1.29, 1.82) is 0 Å². The van der Waals surface area contributed by atoms with Crippen LogP contribution in [0.5, 0.6) is 0 Å². The molecule has 0 aromatic carbocycles. The average molecular weight is 192 g/mol. The van der Waals surface area contributed by atoms with E-state index in [1.165, 1.54) is 0 Å². The summed E-state index contributed by atoms with van der Waals surface area (Å²) >= 11 is 0. The fraction of sp³-hybridized carbons (Fsp3) is 1.00. The van der Waals surface area contributed by atoms with Crippen molar-refractivity contribution in [1.82, 2.24) is 0 Å². The molecule has 0 fully saturated rings. The molecule has 0 aromatic rings. The third-order valence-corrected chi connectivity index (χ3v) is 1.29. The van der Waals surface area contributed by atoms with Gasteiger partial charge in [0.1, 0.15) is 0 Å². The molecule has 5 nitrogen and oxygen atoms in total. The van der Waals surface area contributed by atoms with Gasteiger partial charge in [0.15, 0.2) is 0 Å². The van der Waals surface area contributed by atoms with E-state index in [1.54, 1.807) is 0 Å². The summed E-state index contributed by atoms with van der Waals surface area (Å²) in [6, 6.07) is -0.280. The van der Waals surface area contributed by atoms with Crippen LogP contribution >= 0.6 is 0 Å². The molecule has 7 heteroatoms. The third-order valence-electron chi connectivity index (χ3n) is 0.931. The molecule has 1 atom stereocenters. The van der Waals surface area contributed by atoms with Crippen LogP contribution in [0.1, 0.15) is 6.42 Å². The molecule has 0 spiro atoms. The third kappa shape index (κ3) is 10.8. The van der Waals surface area contributed by atoms with Crippen LogP contribution in [0.3, 0.4) is 0 Å². The van der Waals surface area contributed by atoms with Gasteiger partial charge in [0, 0.05) is 6.04 Å². The Hall–Kier alpha value is 0.830. The maximum atomic E-state index is 9.84. The van der Waals surface area contributed by atoms with E-state index in [0.717, 1.165) is 0 Å². The van der Waals surface area contributed by atoms with Gasteiger partial charge >= 0.3 is 29.6 Å². The van der Waals surface area contributed by atoms with E-state index in [0.29, 0.717) is 13.0 Å². The van der Waals surface area contributed by atoms with Gasteiger partial charge in [0.05, 0.1) is 6.61 Å². The fourth-order valence-corrected chi connectivity index (χ4v) is 0.767. The SMILES string of the molecule is NCCC(N)CO[SH](=O)=O.[NaH]. The summed E-state index contributed by atoms with van der Waals surface area (Å²) in [4.78, 5) is 0. The van der Waals surface area contributed by atoms with Gasteiger partial charge in [-0.25, -0.2) is 8.42 Å². The maximum absolute atomic E-state index is 9.84. The van der Waals surface area contributed by atoms with Gasteiger partial charge in [-0.05, 0) is 13.0 Å². The van der Waals surface area contributed by atoms with Crippen LogP contribution in [0.2, 0.25) is 0 Å². The first-order chi connectivity index (χ1) is 4.66. The second-order valence-electron chi connectivity index (χ2n) is 1.86. The summed E-state index contributed by atoms with van der Waals surface area (Å²) in [6.45, 7) is 0.468. The van der Waals surface area contributed by atoms with E-state index in [9.17, 15) is 8.42 Å². The molecule has 0 saturated heterocycles. The molecule has 11 heavy (non-hydrogen) atoms. The number of thiol groups is 1. The zero-order valence-corrected chi connectivity index (χ0v) is 6.42. The van der Waals surface area contributed by atoms with Crippen molar-refractivity contribution in [3.8, 4) is 0 Å². The van der Waals surface area contributed by atoms with Crippen molar-refractivity contribution in [2.24, 2.45) is 11.5 Å². The predicted molar refractivity (Wildman–Crippen MR) is 45.1 cm³/mol. The Labute approximate surface area is 89.9 Å². The van der Waals surface area contributed by atoms with Gasteiger partial charge in [-0.15, -0.1) is 0 Å². The summed E-state index contributed by atoms with van der Waals surface area (Å²) in [6.07, 6.45) is 0.573. The van der Waals surface area contributed by atoms with Crippen LogP contribution in [0, 0.1) is 0 Å². The first-order valence-electron chi connectivity index (χ1n) is 2.89. The van der Waals surface area contributed by atoms with Gasteiger partial charge in [0.2, 0.25) is 0 Å². The molecule has 0 heterocycles. The number of hydrogen-bond acceptors (Lipinski definition) is 5. The standard InChI is InChI=1S/C4H12N2O3S.Na.H/c5-2-1-4(6)3-9-10(7)8;;/h4,10H,1-3,5-6H2;;. The van der Waals surface area contributed by atoms with Crippen molar-refractivity contribution in [2.75, 3.05) is 13.2 Å². The summed E-state index contributed by atoms with van der Waals surface area (Å²) in [5, 5.41) is 0. The minimum absolute atomic E-state index is 0. The number of hydrogen-bond donors (Lipinski definition) is 3. The van der Waals surface area contributed by atoms with Crippen LogP contribution < -0.4 is 11.5 Å². The zero-order chi connectivity index (χ0) is 7.98. The molecule has 0 bridgehead atoms. The Morgan fingerprint density at radius 3 is 2.36 bits per heavy atom. The molecule has 1 unspecified atom stereocenters. The first-order valence-corrected chi connectivity index (χ1v) is 3.99. The van der Waals surface area contributed by atoms with Gasteiger partial charge in [-0.2, -0.15) is 0 Å². The molecule has 0 aromatic heterocycles. The van der Waals surface area contributed by atoms with Crippen molar-refractivity contribution >= 4 is 40.5 Å². The molecule has 0 aliphatic rings. The molecular formula is C4H13N2NaO3S. The molecule has 0 radical (unpaired) electrons. The van der Waals surface area contributed by atoms with Crippen molar-refractivity contribution < 1.29 is 12.6 Å². The molecular weight excluding hydrogens is 179 g/mol. The quantitative estimate of drug-likeness (QED) is 0.332. The Morgan fingerprint density at radius 1 is 1.45 bits per heavy atom. The summed E-state index contributed by atoms with van der Waals surface area (Å²) < 4.78 is 23.9. The van der Waals surface area contributed by atoms with Crippen molar-refractivity contribution in [3.63, 3.8) is 0 Å². The van der Waals surface area contributed by atoms with E-state index in [4.69, 9.17) is 11.5 Å². The monoisotopic (exact) mass is 192 g/mol. The summed E-state index contributed by atoms with van der Waals surface area (Å²) in [5.74, 6) is 0. The fourth-order valence-electron chi connectivity index (χ4n) is 0.454. The van der Waals surface area contributed by atoms with Gasteiger partial charge in [0.25, 0.3) is 11.0 Å². The van der Waals surface area contributed by atoms with Crippen LogP contribution in [0.15, 0.2) is 0 Å². The van der Waals surface area contributed by atoms with E-state index >= 15 is 0 Å². The van der Waals surface area contributed by atoms with Crippen molar-refractivity contribution in [3.05, 3.63) is 0 Å².